The number of hydrogen-bond donors (Lipinski definition) is 3. The summed E-state index contributed by atoms with van der Waals surface area (Å²) in [5, 5.41) is 8.72. The fraction of sp³-hybridized carbons (Fsp3) is 0.300. The average Bonchev–Trinajstić information content (AvgIpc) is 2.68. The minimum Gasteiger partial charge on any atom is -0.375 e. The second-order valence-corrected chi connectivity index (χ2v) is 6.38. The van der Waals surface area contributed by atoms with Crippen molar-refractivity contribution in [3.8, 4) is 0 Å². The van der Waals surface area contributed by atoms with E-state index in [1.165, 1.54) is 24.3 Å². The minimum absolute atomic E-state index is 0. The molecule has 0 bridgehead atoms. The number of benzene rings is 2. The highest BCUT2D eigenvalue weighted by molar-refractivity contribution is 6.04. The van der Waals surface area contributed by atoms with Gasteiger partial charge in [0, 0.05) is 24.3 Å². The third kappa shape index (κ3) is 5.76. The summed E-state index contributed by atoms with van der Waals surface area (Å²) in [5.74, 6) is -0.751. The van der Waals surface area contributed by atoms with E-state index < -0.39 is 0 Å². The van der Waals surface area contributed by atoms with E-state index in [4.69, 9.17) is 4.74 Å². The van der Waals surface area contributed by atoms with E-state index in [0.717, 1.165) is 5.56 Å². The van der Waals surface area contributed by atoms with E-state index in [2.05, 4.69) is 16.0 Å². The Balaban J connectivity index is 0.00000280. The molecule has 3 N–H and O–H groups in total. The number of rotatable bonds is 5. The van der Waals surface area contributed by atoms with Gasteiger partial charge in [-0.15, -0.1) is 12.4 Å². The van der Waals surface area contributed by atoms with Crippen LogP contribution in [0.2, 0.25) is 0 Å². The Labute approximate surface area is 169 Å². The van der Waals surface area contributed by atoms with Crippen LogP contribution in [0.4, 0.5) is 10.1 Å². The topological polar surface area (TPSA) is 79.5 Å². The zero-order valence-electron chi connectivity index (χ0n) is 15.4. The van der Waals surface area contributed by atoms with Gasteiger partial charge in [0.2, 0.25) is 5.91 Å². The SMILES string of the molecule is C[C@H]1OCCN[C@@H]1C(=O)NCc1ccc(C(=O)Nc2ccc(F)cc2)cc1.Cl. The summed E-state index contributed by atoms with van der Waals surface area (Å²) in [7, 11) is 0. The summed E-state index contributed by atoms with van der Waals surface area (Å²) in [4.78, 5) is 24.5. The first-order valence-electron chi connectivity index (χ1n) is 8.81. The van der Waals surface area contributed by atoms with Crippen molar-refractivity contribution in [1.29, 1.82) is 0 Å². The molecule has 0 aromatic heterocycles. The highest BCUT2D eigenvalue weighted by Gasteiger charge is 2.27. The third-order valence-corrected chi connectivity index (χ3v) is 4.38. The van der Waals surface area contributed by atoms with Gasteiger partial charge in [0.1, 0.15) is 11.9 Å². The molecular formula is C20H23ClFN3O3. The molecule has 0 aliphatic carbocycles. The number of ether oxygens (including phenoxy) is 1. The second kappa shape index (κ2) is 10.2. The number of amides is 2. The molecule has 2 aromatic carbocycles. The number of carbonyl (C=O) groups is 2. The Hall–Kier alpha value is -2.48. The molecule has 0 spiro atoms. The molecule has 1 aliphatic rings. The molecule has 1 heterocycles. The maximum absolute atomic E-state index is 12.9. The van der Waals surface area contributed by atoms with Gasteiger partial charge in [-0.25, -0.2) is 4.39 Å². The first kappa shape index (κ1) is 21.8. The lowest BCUT2D eigenvalue weighted by Gasteiger charge is -2.29. The van der Waals surface area contributed by atoms with Gasteiger partial charge in [-0.1, -0.05) is 12.1 Å². The first-order chi connectivity index (χ1) is 13.0. The van der Waals surface area contributed by atoms with Gasteiger partial charge in [-0.2, -0.15) is 0 Å². The maximum Gasteiger partial charge on any atom is 0.255 e. The van der Waals surface area contributed by atoms with Crippen molar-refractivity contribution >= 4 is 29.9 Å². The number of carbonyl (C=O) groups excluding carboxylic acids is 2. The van der Waals surface area contributed by atoms with Crippen LogP contribution in [0.5, 0.6) is 0 Å². The molecule has 2 aromatic rings. The van der Waals surface area contributed by atoms with E-state index in [1.807, 2.05) is 6.92 Å². The van der Waals surface area contributed by atoms with E-state index in [1.54, 1.807) is 24.3 Å². The van der Waals surface area contributed by atoms with Crippen molar-refractivity contribution in [3.05, 3.63) is 65.5 Å². The van der Waals surface area contributed by atoms with Crippen LogP contribution in [0, 0.1) is 5.82 Å². The van der Waals surface area contributed by atoms with E-state index in [9.17, 15) is 14.0 Å². The lowest BCUT2D eigenvalue weighted by Crippen LogP contribution is -2.55. The van der Waals surface area contributed by atoms with Gasteiger partial charge in [0.15, 0.2) is 0 Å². The Bertz CT molecular complexity index is 799. The van der Waals surface area contributed by atoms with Gasteiger partial charge in [0.05, 0.1) is 12.7 Å². The molecule has 1 aliphatic heterocycles. The summed E-state index contributed by atoms with van der Waals surface area (Å²) >= 11 is 0. The van der Waals surface area contributed by atoms with Gasteiger partial charge < -0.3 is 20.7 Å². The second-order valence-electron chi connectivity index (χ2n) is 6.38. The van der Waals surface area contributed by atoms with Gasteiger partial charge in [-0.05, 0) is 48.9 Å². The molecule has 2 amide bonds. The average molecular weight is 408 g/mol. The number of nitrogens with one attached hydrogen (secondary N) is 3. The molecule has 1 saturated heterocycles. The minimum atomic E-state index is -0.362. The van der Waals surface area contributed by atoms with Crippen molar-refractivity contribution < 1.29 is 18.7 Å². The van der Waals surface area contributed by atoms with Gasteiger partial charge in [-0.3, -0.25) is 9.59 Å². The molecule has 1 fully saturated rings. The van der Waals surface area contributed by atoms with E-state index >= 15 is 0 Å². The van der Waals surface area contributed by atoms with Crippen LogP contribution >= 0.6 is 12.4 Å². The van der Waals surface area contributed by atoms with Crippen LogP contribution in [-0.4, -0.2) is 37.1 Å². The molecule has 0 radical (unpaired) electrons. The molecular weight excluding hydrogens is 385 g/mol. The van der Waals surface area contributed by atoms with Gasteiger partial charge in [0.25, 0.3) is 5.91 Å². The Morgan fingerprint density at radius 3 is 2.46 bits per heavy atom. The van der Waals surface area contributed by atoms with Gasteiger partial charge >= 0.3 is 0 Å². The van der Waals surface area contributed by atoms with Crippen LogP contribution in [-0.2, 0) is 16.1 Å². The van der Waals surface area contributed by atoms with Crippen molar-refractivity contribution in [2.24, 2.45) is 0 Å². The quantitative estimate of drug-likeness (QED) is 0.711. The highest BCUT2D eigenvalue weighted by atomic mass is 35.5. The molecule has 2 atom stereocenters. The van der Waals surface area contributed by atoms with Crippen molar-refractivity contribution in [2.45, 2.75) is 25.6 Å². The Morgan fingerprint density at radius 1 is 1.14 bits per heavy atom. The summed E-state index contributed by atoms with van der Waals surface area (Å²) in [5.41, 5.74) is 1.88. The monoisotopic (exact) mass is 407 g/mol. The lowest BCUT2D eigenvalue weighted by atomic mass is 10.1. The zero-order valence-corrected chi connectivity index (χ0v) is 16.2. The maximum atomic E-state index is 12.9. The van der Waals surface area contributed by atoms with Crippen LogP contribution in [0.15, 0.2) is 48.5 Å². The Kier molecular flexibility index (Phi) is 7.92. The summed E-state index contributed by atoms with van der Waals surface area (Å²) in [6.45, 7) is 3.49. The number of halogens is 2. The summed E-state index contributed by atoms with van der Waals surface area (Å²) in [6, 6.07) is 12.2. The molecule has 0 saturated carbocycles. The smallest absolute Gasteiger partial charge is 0.255 e. The lowest BCUT2D eigenvalue weighted by molar-refractivity contribution is -0.129. The van der Waals surface area contributed by atoms with Crippen LogP contribution in [0.3, 0.4) is 0 Å². The Morgan fingerprint density at radius 2 is 1.82 bits per heavy atom. The van der Waals surface area contributed by atoms with Crippen LogP contribution in [0.25, 0.3) is 0 Å². The van der Waals surface area contributed by atoms with Crippen molar-refractivity contribution in [2.75, 3.05) is 18.5 Å². The summed E-state index contributed by atoms with van der Waals surface area (Å²) < 4.78 is 18.4. The van der Waals surface area contributed by atoms with Crippen LogP contribution < -0.4 is 16.0 Å². The number of hydrogen-bond acceptors (Lipinski definition) is 4. The highest BCUT2D eigenvalue weighted by Crippen LogP contribution is 2.12. The van der Waals surface area contributed by atoms with Crippen molar-refractivity contribution in [3.63, 3.8) is 0 Å². The fourth-order valence-electron chi connectivity index (χ4n) is 2.84. The predicted octanol–water partition coefficient (Wildman–Crippen LogP) is 2.49. The van der Waals surface area contributed by atoms with E-state index in [-0.39, 0.29) is 42.2 Å². The van der Waals surface area contributed by atoms with E-state index in [0.29, 0.717) is 30.9 Å². The zero-order chi connectivity index (χ0) is 19.2. The molecule has 6 nitrogen and oxygen atoms in total. The molecule has 28 heavy (non-hydrogen) atoms. The molecule has 150 valence electrons. The van der Waals surface area contributed by atoms with Crippen molar-refractivity contribution in [1.82, 2.24) is 10.6 Å². The molecule has 3 rings (SSSR count). The van der Waals surface area contributed by atoms with Crippen LogP contribution in [0.1, 0.15) is 22.8 Å². The third-order valence-electron chi connectivity index (χ3n) is 4.38. The first-order valence-corrected chi connectivity index (χ1v) is 8.81. The molecule has 8 heteroatoms. The number of morpholine rings is 1. The standard InChI is InChI=1S/C20H22FN3O3.ClH/c1-13-18(22-10-11-27-13)20(26)23-12-14-2-4-15(5-3-14)19(25)24-17-8-6-16(21)7-9-17;/h2-9,13,18,22H,10-12H2,1H3,(H,23,26)(H,24,25);1H/t13-,18+;/m1./s1. The largest absolute Gasteiger partial charge is 0.375 e. The number of anilines is 1. The fourth-order valence-corrected chi connectivity index (χ4v) is 2.84. The summed E-state index contributed by atoms with van der Waals surface area (Å²) in [6.07, 6.45) is -0.170. The predicted molar refractivity (Wildman–Crippen MR) is 107 cm³/mol. The molecule has 0 unspecified atom stereocenters. The normalized spacial score (nSPS) is 18.6.